The number of hydrogen-bond acceptors (Lipinski definition) is 2. The molecule has 2 aromatic rings. The van der Waals surface area contributed by atoms with Gasteiger partial charge in [0.05, 0.1) is 12.4 Å². The van der Waals surface area contributed by atoms with Crippen molar-refractivity contribution in [2.24, 2.45) is 10.7 Å². The predicted octanol–water partition coefficient (Wildman–Crippen LogP) is 2.25. The van der Waals surface area contributed by atoms with Gasteiger partial charge in [-0.05, 0) is 21.9 Å². The highest BCUT2D eigenvalue weighted by Gasteiger charge is 2.12. The first-order chi connectivity index (χ1) is 7.34. The minimum Gasteiger partial charge on any atom is -0.387 e. The zero-order valence-corrected chi connectivity index (χ0v) is 8.40. The molecule has 0 saturated carbocycles. The van der Waals surface area contributed by atoms with Crippen LogP contribution in [-0.4, -0.2) is 5.84 Å². The molecule has 0 amide bonds. The lowest BCUT2D eigenvalue weighted by molar-refractivity contribution is 0.987. The van der Waals surface area contributed by atoms with Gasteiger partial charge in [0.15, 0.2) is 0 Å². The number of rotatable bonds is 0. The van der Waals surface area contributed by atoms with E-state index in [0.717, 1.165) is 18.8 Å². The molecule has 1 aliphatic heterocycles. The molecule has 0 bridgehead atoms. The average Bonchev–Trinajstić information content (AvgIpc) is 2.29. The first-order valence-corrected chi connectivity index (χ1v) is 5.13. The number of amidine groups is 1. The normalized spacial score (nSPS) is 14.8. The van der Waals surface area contributed by atoms with Gasteiger partial charge in [-0.25, -0.2) is 0 Å². The van der Waals surface area contributed by atoms with Crippen LogP contribution >= 0.6 is 0 Å². The maximum Gasteiger partial charge on any atom is 0.0985 e. The highest BCUT2D eigenvalue weighted by atomic mass is 14.9. The van der Waals surface area contributed by atoms with Crippen molar-refractivity contribution in [2.75, 3.05) is 0 Å². The Morgan fingerprint density at radius 1 is 1.07 bits per heavy atom. The minimum absolute atomic E-state index is 0.728. The van der Waals surface area contributed by atoms with Gasteiger partial charge < -0.3 is 5.73 Å². The van der Waals surface area contributed by atoms with Crippen molar-refractivity contribution in [3.63, 3.8) is 0 Å². The molecule has 0 spiro atoms. The molecule has 3 rings (SSSR count). The first-order valence-electron chi connectivity index (χ1n) is 5.13. The number of hydrogen-bond donors (Lipinski definition) is 1. The summed E-state index contributed by atoms with van der Waals surface area (Å²) in [6.45, 7) is 0.728. The average molecular weight is 196 g/mol. The van der Waals surface area contributed by atoms with E-state index < -0.39 is 0 Å². The Balaban J connectivity index is 2.31. The van der Waals surface area contributed by atoms with Crippen molar-refractivity contribution >= 4 is 16.6 Å². The molecule has 15 heavy (non-hydrogen) atoms. The van der Waals surface area contributed by atoms with Gasteiger partial charge in [0.1, 0.15) is 0 Å². The van der Waals surface area contributed by atoms with Gasteiger partial charge in [0, 0.05) is 6.42 Å². The lowest BCUT2D eigenvalue weighted by Gasteiger charge is -2.16. The van der Waals surface area contributed by atoms with Crippen LogP contribution in [0.3, 0.4) is 0 Å². The predicted molar refractivity (Wildman–Crippen MR) is 63.0 cm³/mol. The monoisotopic (exact) mass is 196 g/mol. The molecule has 2 N–H and O–H groups in total. The second kappa shape index (κ2) is 3.09. The molecule has 0 fully saturated rings. The summed E-state index contributed by atoms with van der Waals surface area (Å²) in [4.78, 5) is 4.27. The fraction of sp³-hybridized carbons (Fsp3) is 0.154. The van der Waals surface area contributed by atoms with E-state index in [1.165, 1.54) is 21.9 Å². The first kappa shape index (κ1) is 8.48. The molecule has 2 aromatic carbocycles. The summed E-state index contributed by atoms with van der Waals surface area (Å²) < 4.78 is 0. The summed E-state index contributed by atoms with van der Waals surface area (Å²) >= 11 is 0. The van der Waals surface area contributed by atoms with Gasteiger partial charge in [-0.15, -0.1) is 0 Å². The SMILES string of the molecule is NC1=NCc2ccc3ccccc3c2C1. The Kier molecular flexibility index (Phi) is 1.75. The van der Waals surface area contributed by atoms with E-state index in [2.05, 4.69) is 41.4 Å². The quantitative estimate of drug-likeness (QED) is 0.689. The summed E-state index contributed by atoms with van der Waals surface area (Å²) in [5.41, 5.74) is 8.45. The Hall–Kier alpha value is -1.83. The summed E-state index contributed by atoms with van der Waals surface area (Å²) in [6.07, 6.45) is 0.788. The molecule has 1 heterocycles. The molecular weight excluding hydrogens is 184 g/mol. The lowest BCUT2D eigenvalue weighted by atomic mass is 9.95. The summed E-state index contributed by atoms with van der Waals surface area (Å²) in [7, 11) is 0. The van der Waals surface area contributed by atoms with E-state index in [1.54, 1.807) is 0 Å². The summed E-state index contributed by atoms with van der Waals surface area (Å²) in [5.74, 6) is 0.749. The van der Waals surface area contributed by atoms with Crippen LogP contribution in [-0.2, 0) is 13.0 Å². The fourth-order valence-electron chi connectivity index (χ4n) is 2.16. The molecule has 0 atom stereocenters. The van der Waals surface area contributed by atoms with Crippen LogP contribution in [0.25, 0.3) is 10.8 Å². The number of benzene rings is 2. The third-order valence-corrected chi connectivity index (χ3v) is 2.95. The van der Waals surface area contributed by atoms with Gasteiger partial charge >= 0.3 is 0 Å². The molecule has 0 radical (unpaired) electrons. The Morgan fingerprint density at radius 3 is 2.87 bits per heavy atom. The van der Waals surface area contributed by atoms with Gasteiger partial charge in [0.25, 0.3) is 0 Å². The smallest absolute Gasteiger partial charge is 0.0985 e. The fourth-order valence-corrected chi connectivity index (χ4v) is 2.16. The second-order valence-electron chi connectivity index (χ2n) is 3.91. The lowest BCUT2D eigenvalue weighted by Crippen LogP contribution is -2.20. The third kappa shape index (κ3) is 1.30. The molecule has 2 heteroatoms. The highest BCUT2D eigenvalue weighted by molar-refractivity contribution is 5.93. The zero-order valence-electron chi connectivity index (χ0n) is 8.40. The van der Waals surface area contributed by atoms with Crippen LogP contribution in [0, 0.1) is 0 Å². The van der Waals surface area contributed by atoms with Crippen LogP contribution in [0.15, 0.2) is 41.4 Å². The second-order valence-corrected chi connectivity index (χ2v) is 3.91. The number of aliphatic imine (C=N–C) groups is 1. The topological polar surface area (TPSA) is 38.4 Å². The van der Waals surface area contributed by atoms with E-state index in [9.17, 15) is 0 Å². The Labute approximate surface area is 88.4 Å². The third-order valence-electron chi connectivity index (χ3n) is 2.95. The highest BCUT2D eigenvalue weighted by Crippen LogP contribution is 2.25. The Bertz CT molecular complexity index is 555. The van der Waals surface area contributed by atoms with Gasteiger partial charge in [-0.2, -0.15) is 0 Å². The molecule has 74 valence electrons. The molecule has 2 nitrogen and oxygen atoms in total. The van der Waals surface area contributed by atoms with E-state index in [-0.39, 0.29) is 0 Å². The number of nitrogens with zero attached hydrogens (tertiary/aromatic N) is 1. The number of fused-ring (bicyclic) bond motifs is 3. The van der Waals surface area contributed by atoms with Crippen LogP contribution in [0.4, 0.5) is 0 Å². The maximum absolute atomic E-state index is 5.79. The van der Waals surface area contributed by atoms with Crippen molar-refractivity contribution in [3.05, 3.63) is 47.5 Å². The zero-order chi connectivity index (χ0) is 10.3. The largest absolute Gasteiger partial charge is 0.387 e. The van der Waals surface area contributed by atoms with Crippen LogP contribution in [0.5, 0.6) is 0 Å². The van der Waals surface area contributed by atoms with Gasteiger partial charge in [0.2, 0.25) is 0 Å². The minimum atomic E-state index is 0.728. The van der Waals surface area contributed by atoms with E-state index in [1.807, 2.05) is 0 Å². The van der Waals surface area contributed by atoms with Crippen molar-refractivity contribution in [1.82, 2.24) is 0 Å². The molecule has 0 aromatic heterocycles. The van der Waals surface area contributed by atoms with Crippen LogP contribution in [0.1, 0.15) is 11.1 Å². The van der Waals surface area contributed by atoms with Gasteiger partial charge in [-0.1, -0.05) is 36.4 Å². The van der Waals surface area contributed by atoms with Crippen molar-refractivity contribution in [3.8, 4) is 0 Å². The maximum atomic E-state index is 5.79. The van der Waals surface area contributed by atoms with E-state index in [4.69, 9.17) is 5.73 Å². The summed E-state index contributed by atoms with van der Waals surface area (Å²) in [6, 6.07) is 12.8. The number of nitrogens with two attached hydrogens (primary N) is 1. The standard InChI is InChI=1S/C13H12N2/c14-13-7-12-10(8-15-13)6-5-9-3-1-2-4-11(9)12/h1-6H,7-8H2,(H2,14,15). The Morgan fingerprint density at radius 2 is 1.93 bits per heavy atom. The molecule has 0 saturated heterocycles. The molecule has 1 aliphatic rings. The van der Waals surface area contributed by atoms with Crippen molar-refractivity contribution in [1.29, 1.82) is 0 Å². The summed E-state index contributed by atoms with van der Waals surface area (Å²) in [5, 5.41) is 2.60. The molecule has 0 unspecified atom stereocenters. The van der Waals surface area contributed by atoms with Crippen molar-refractivity contribution in [2.45, 2.75) is 13.0 Å². The van der Waals surface area contributed by atoms with Crippen LogP contribution in [0.2, 0.25) is 0 Å². The molecular formula is C13H12N2. The van der Waals surface area contributed by atoms with Crippen LogP contribution < -0.4 is 5.73 Å². The van der Waals surface area contributed by atoms with Crippen molar-refractivity contribution < 1.29 is 0 Å². The van der Waals surface area contributed by atoms with E-state index in [0.29, 0.717) is 0 Å². The van der Waals surface area contributed by atoms with Gasteiger partial charge in [-0.3, -0.25) is 4.99 Å². The molecule has 0 aliphatic carbocycles. The van der Waals surface area contributed by atoms with E-state index >= 15 is 0 Å².